The average molecular weight is 438 g/mol. The minimum atomic E-state index is -0.547. The minimum absolute atomic E-state index is 0.0713. The number of carbonyl (C=O) groups excluding carboxylic acids is 1. The highest BCUT2D eigenvalue weighted by molar-refractivity contribution is 5.91. The minimum Gasteiger partial charge on any atom is -0.493 e. The van der Waals surface area contributed by atoms with E-state index >= 15 is 0 Å². The number of pyridine rings is 1. The van der Waals surface area contributed by atoms with Gasteiger partial charge < -0.3 is 24.3 Å². The Morgan fingerprint density at radius 3 is 2.38 bits per heavy atom. The third-order valence-electron chi connectivity index (χ3n) is 4.44. The SMILES string of the molecule is COc1cc(CNC(=O)/C=C/c2ccc(Oc3cccnc3)c(F)c2)cc(OC)c1OC. The van der Waals surface area contributed by atoms with Gasteiger partial charge in [-0.15, -0.1) is 0 Å². The standard InChI is InChI=1S/C24H23FN2O5/c1-29-21-12-17(13-22(30-2)24(21)31-3)14-27-23(28)9-7-16-6-8-20(19(25)11-16)32-18-5-4-10-26-15-18/h4-13,15H,14H2,1-3H3,(H,27,28)/b9-7+. The van der Waals surface area contributed by atoms with Crippen molar-refractivity contribution in [3.63, 3.8) is 0 Å². The molecule has 0 aliphatic carbocycles. The van der Waals surface area contributed by atoms with E-state index in [1.54, 1.807) is 36.5 Å². The van der Waals surface area contributed by atoms with Crippen LogP contribution in [0.15, 0.2) is 60.9 Å². The molecule has 3 rings (SSSR count). The maximum atomic E-state index is 14.3. The van der Waals surface area contributed by atoms with Gasteiger partial charge >= 0.3 is 0 Å². The van der Waals surface area contributed by atoms with Crippen molar-refractivity contribution in [2.75, 3.05) is 21.3 Å². The van der Waals surface area contributed by atoms with E-state index in [2.05, 4.69) is 10.3 Å². The molecule has 0 saturated heterocycles. The summed E-state index contributed by atoms with van der Waals surface area (Å²) >= 11 is 0. The van der Waals surface area contributed by atoms with Gasteiger partial charge in [0.05, 0.1) is 27.5 Å². The number of methoxy groups -OCH3 is 3. The highest BCUT2D eigenvalue weighted by Crippen LogP contribution is 2.38. The summed E-state index contributed by atoms with van der Waals surface area (Å²) in [5.41, 5.74) is 1.29. The molecule has 0 aliphatic heterocycles. The van der Waals surface area contributed by atoms with Crippen molar-refractivity contribution in [2.45, 2.75) is 6.54 Å². The van der Waals surface area contributed by atoms with Crippen LogP contribution < -0.4 is 24.3 Å². The van der Waals surface area contributed by atoms with Crippen molar-refractivity contribution in [2.24, 2.45) is 0 Å². The second-order valence-corrected chi connectivity index (χ2v) is 6.57. The van der Waals surface area contributed by atoms with Gasteiger partial charge in [0.25, 0.3) is 0 Å². The molecule has 0 spiro atoms. The summed E-state index contributed by atoms with van der Waals surface area (Å²) in [6.45, 7) is 0.242. The smallest absolute Gasteiger partial charge is 0.244 e. The molecule has 1 N–H and O–H groups in total. The number of nitrogens with one attached hydrogen (secondary N) is 1. The molecule has 2 aromatic carbocycles. The van der Waals surface area contributed by atoms with Crippen LogP contribution in [0.2, 0.25) is 0 Å². The van der Waals surface area contributed by atoms with Crippen LogP contribution in [0.4, 0.5) is 4.39 Å². The van der Waals surface area contributed by atoms with E-state index in [4.69, 9.17) is 18.9 Å². The number of ether oxygens (including phenoxy) is 4. The maximum absolute atomic E-state index is 14.3. The number of carbonyl (C=O) groups is 1. The molecule has 0 bridgehead atoms. The molecular formula is C24H23FN2O5. The third kappa shape index (κ3) is 5.75. The van der Waals surface area contributed by atoms with Crippen molar-refractivity contribution in [1.82, 2.24) is 10.3 Å². The number of hydrogen-bond donors (Lipinski definition) is 1. The van der Waals surface area contributed by atoms with Crippen LogP contribution in [0.3, 0.4) is 0 Å². The van der Waals surface area contributed by atoms with Crippen LogP contribution in [0.5, 0.6) is 28.7 Å². The molecule has 0 atom stereocenters. The first-order chi connectivity index (χ1) is 15.5. The van der Waals surface area contributed by atoms with E-state index in [0.717, 1.165) is 5.56 Å². The summed E-state index contributed by atoms with van der Waals surface area (Å²) in [4.78, 5) is 16.1. The van der Waals surface area contributed by atoms with Gasteiger partial charge in [0, 0.05) is 18.8 Å². The van der Waals surface area contributed by atoms with Gasteiger partial charge in [-0.3, -0.25) is 9.78 Å². The predicted molar refractivity (Wildman–Crippen MR) is 118 cm³/mol. The lowest BCUT2D eigenvalue weighted by Crippen LogP contribution is -2.20. The first kappa shape index (κ1) is 22.6. The quantitative estimate of drug-likeness (QED) is 0.500. The molecule has 0 fully saturated rings. The van der Waals surface area contributed by atoms with E-state index in [1.165, 1.54) is 51.8 Å². The van der Waals surface area contributed by atoms with Gasteiger partial charge in [-0.25, -0.2) is 4.39 Å². The largest absolute Gasteiger partial charge is 0.493 e. The molecule has 1 amide bonds. The molecule has 3 aromatic rings. The molecule has 0 aliphatic rings. The van der Waals surface area contributed by atoms with Gasteiger partial charge in [-0.2, -0.15) is 0 Å². The third-order valence-corrected chi connectivity index (χ3v) is 4.44. The van der Waals surface area contributed by atoms with Crippen molar-refractivity contribution >= 4 is 12.0 Å². The first-order valence-electron chi connectivity index (χ1n) is 9.66. The van der Waals surface area contributed by atoms with Gasteiger partial charge in [-0.05, 0) is 53.6 Å². The molecule has 1 heterocycles. The molecule has 166 valence electrons. The van der Waals surface area contributed by atoms with Crippen LogP contribution in [-0.2, 0) is 11.3 Å². The Balaban J connectivity index is 1.61. The molecule has 8 heteroatoms. The summed E-state index contributed by atoms with van der Waals surface area (Å²) in [6.07, 6.45) is 5.94. The average Bonchev–Trinajstić information content (AvgIpc) is 2.82. The van der Waals surface area contributed by atoms with Crippen LogP contribution in [0.25, 0.3) is 6.08 Å². The van der Waals surface area contributed by atoms with E-state index in [-0.39, 0.29) is 18.2 Å². The van der Waals surface area contributed by atoms with Gasteiger partial charge in [0.15, 0.2) is 23.1 Å². The summed E-state index contributed by atoms with van der Waals surface area (Å²) in [5.74, 6) is 1.08. The molecular weight excluding hydrogens is 415 g/mol. The topological polar surface area (TPSA) is 78.9 Å². The van der Waals surface area contributed by atoms with E-state index in [0.29, 0.717) is 28.6 Å². The van der Waals surface area contributed by atoms with Gasteiger partial charge in [0.2, 0.25) is 11.7 Å². The fraction of sp³-hybridized carbons (Fsp3) is 0.167. The zero-order valence-corrected chi connectivity index (χ0v) is 17.9. The fourth-order valence-corrected chi connectivity index (χ4v) is 2.90. The van der Waals surface area contributed by atoms with Crippen LogP contribution in [0, 0.1) is 5.82 Å². The van der Waals surface area contributed by atoms with Crippen molar-refractivity contribution < 1.29 is 28.1 Å². The molecule has 0 unspecified atom stereocenters. The fourth-order valence-electron chi connectivity index (χ4n) is 2.90. The Labute approximate surface area is 185 Å². The first-order valence-corrected chi connectivity index (χ1v) is 9.66. The number of aromatic nitrogens is 1. The molecule has 1 aromatic heterocycles. The molecule has 0 saturated carbocycles. The van der Waals surface area contributed by atoms with E-state index in [9.17, 15) is 9.18 Å². The monoisotopic (exact) mass is 438 g/mol. The predicted octanol–water partition coefficient (Wildman–Crippen LogP) is 4.37. The Bertz CT molecular complexity index is 1080. The summed E-state index contributed by atoms with van der Waals surface area (Å²) in [7, 11) is 4.57. The lowest BCUT2D eigenvalue weighted by Gasteiger charge is -2.14. The van der Waals surface area contributed by atoms with Gasteiger partial charge in [0.1, 0.15) is 5.75 Å². The number of halogens is 1. The van der Waals surface area contributed by atoms with Crippen LogP contribution in [-0.4, -0.2) is 32.2 Å². The number of rotatable bonds is 9. The molecule has 32 heavy (non-hydrogen) atoms. The molecule has 7 nitrogen and oxygen atoms in total. The summed E-state index contributed by atoms with van der Waals surface area (Å²) in [5, 5.41) is 2.76. The number of nitrogens with zero attached hydrogens (tertiary/aromatic N) is 1. The lowest BCUT2D eigenvalue weighted by molar-refractivity contribution is -0.116. The van der Waals surface area contributed by atoms with Crippen molar-refractivity contribution in [3.05, 3.63) is 77.9 Å². The Morgan fingerprint density at radius 2 is 1.78 bits per heavy atom. The Kier molecular flexibility index (Phi) is 7.64. The second-order valence-electron chi connectivity index (χ2n) is 6.57. The zero-order chi connectivity index (χ0) is 22.9. The number of hydrogen-bond acceptors (Lipinski definition) is 6. The lowest BCUT2D eigenvalue weighted by atomic mass is 10.1. The number of benzene rings is 2. The Hall–Kier alpha value is -4.07. The highest BCUT2D eigenvalue weighted by Gasteiger charge is 2.13. The van der Waals surface area contributed by atoms with Crippen molar-refractivity contribution in [3.8, 4) is 28.7 Å². The van der Waals surface area contributed by atoms with E-state index in [1.807, 2.05) is 0 Å². The van der Waals surface area contributed by atoms with Crippen LogP contribution >= 0.6 is 0 Å². The van der Waals surface area contributed by atoms with Gasteiger partial charge in [-0.1, -0.05) is 6.07 Å². The normalized spacial score (nSPS) is 10.6. The Morgan fingerprint density at radius 1 is 1.03 bits per heavy atom. The number of amides is 1. The highest BCUT2D eigenvalue weighted by atomic mass is 19.1. The summed E-state index contributed by atoms with van der Waals surface area (Å²) < 4.78 is 35.7. The van der Waals surface area contributed by atoms with Crippen LogP contribution in [0.1, 0.15) is 11.1 Å². The molecule has 0 radical (unpaired) electrons. The van der Waals surface area contributed by atoms with Crippen molar-refractivity contribution in [1.29, 1.82) is 0 Å². The second kappa shape index (κ2) is 10.8. The maximum Gasteiger partial charge on any atom is 0.244 e. The van der Waals surface area contributed by atoms with E-state index < -0.39 is 5.82 Å². The zero-order valence-electron chi connectivity index (χ0n) is 17.9. The summed E-state index contributed by atoms with van der Waals surface area (Å²) in [6, 6.07) is 11.3.